The molecule has 0 unspecified atom stereocenters. The summed E-state index contributed by atoms with van der Waals surface area (Å²) in [5, 5.41) is 0. The average molecular weight is 250 g/mol. The molecule has 0 fully saturated rings. The van der Waals surface area contributed by atoms with Crippen LogP contribution >= 0.6 is 0 Å². The van der Waals surface area contributed by atoms with E-state index in [9.17, 15) is 0 Å². The minimum atomic E-state index is 0.863. The molecule has 0 radical (unpaired) electrons. The van der Waals surface area contributed by atoms with Gasteiger partial charge in [-0.05, 0) is 48.2 Å². The van der Waals surface area contributed by atoms with Gasteiger partial charge in [-0.25, -0.2) is 0 Å². The summed E-state index contributed by atoms with van der Waals surface area (Å²) in [5.74, 6) is 1.73. The first-order valence-corrected chi connectivity index (χ1v) is 6.29. The molecule has 0 aliphatic carbocycles. The van der Waals surface area contributed by atoms with Gasteiger partial charge >= 0.3 is 0 Å². The smallest absolute Gasteiger partial charge is 0.130 e. The molecule has 19 heavy (non-hydrogen) atoms. The van der Waals surface area contributed by atoms with Crippen molar-refractivity contribution >= 4 is 12.2 Å². The van der Waals surface area contributed by atoms with E-state index in [0.717, 1.165) is 33.8 Å². The molecule has 0 atom stereocenters. The predicted octanol–water partition coefficient (Wildman–Crippen LogP) is 5.38. The molecule has 2 aromatic rings. The van der Waals surface area contributed by atoms with Gasteiger partial charge in [0, 0.05) is 0 Å². The highest BCUT2D eigenvalue weighted by molar-refractivity contribution is 5.59. The van der Waals surface area contributed by atoms with Crippen molar-refractivity contribution in [2.75, 3.05) is 0 Å². The third-order valence-corrected chi connectivity index (χ3v) is 3.31. The summed E-state index contributed by atoms with van der Waals surface area (Å²) < 4.78 is 6.03. The first-order chi connectivity index (χ1) is 9.17. The van der Waals surface area contributed by atoms with Crippen molar-refractivity contribution in [1.82, 2.24) is 0 Å². The second-order valence-electron chi connectivity index (χ2n) is 4.45. The van der Waals surface area contributed by atoms with Gasteiger partial charge < -0.3 is 4.74 Å². The number of hydrogen-bond acceptors (Lipinski definition) is 1. The maximum Gasteiger partial charge on any atom is 0.130 e. The van der Waals surface area contributed by atoms with E-state index in [2.05, 4.69) is 13.2 Å². The Bertz CT molecular complexity index is 568. The minimum absolute atomic E-state index is 0.863. The molecule has 0 saturated carbocycles. The average Bonchev–Trinajstić information content (AvgIpc) is 2.43. The van der Waals surface area contributed by atoms with Gasteiger partial charge in [-0.3, -0.25) is 0 Å². The zero-order valence-corrected chi connectivity index (χ0v) is 11.4. The molecule has 0 bridgehead atoms. The lowest BCUT2D eigenvalue weighted by Crippen LogP contribution is -1.93. The van der Waals surface area contributed by atoms with Crippen LogP contribution in [0.15, 0.2) is 49.6 Å². The topological polar surface area (TPSA) is 9.23 Å². The summed E-state index contributed by atoms with van der Waals surface area (Å²) in [6.45, 7) is 11.7. The highest BCUT2D eigenvalue weighted by Gasteiger charge is 2.07. The fourth-order valence-corrected chi connectivity index (χ4v) is 2.04. The number of hydrogen-bond donors (Lipinski definition) is 0. The van der Waals surface area contributed by atoms with Crippen LogP contribution in [0.1, 0.15) is 22.3 Å². The van der Waals surface area contributed by atoms with Gasteiger partial charge in [0.2, 0.25) is 0 Å². The van der Waals surface area contributed by atoms with Gasteiger partial charge in [0.1, 0.15) is 11.5 Å². The minimum Gasteiger partial charge on any atom is -0.457 e. The Hall–Kier alpha value is -2.28. The van der Waals surface area contributed by atoms with Gasteiger partial charge in [0.05, 0.1) is 0 Å². The van der Waals surface area contributed by atoms with Crippen molar-refractivity contribution in [1.29, 1.82) is 0 Å². The second kappa shape index (κ2) is 5.57. The van der Waals surface area contributed by atoms with Crippen molar-refractivity contribution in [2.24, 2.45) is 0 Å². The van der Waals surface area contributed by atoms with E-state index >= 15 is 0 Å². The normalized spacial score (nSPS) is 10.0. The lowest BCUT2D eigenvalue weighted by Gasteiger charge is -2.13. The van der Waals surface area contributed by atoms with Crippen LogP contribution in [-0.2, 0) is 0 Å². The largest absolute Gasteiger partial charge is 0.457 e. The zero-order valence-electron chi connectivity index (χ0n) is 11.4. The van der Waals surface area contributed by atoms with Crippen molar-refractivity contribution in [2.45, 2.75) is 13.8 Å². The summed E-state index contributed by atoms with van der Waals surface area (Å²) >= 11 is 0. The van der Waals surface area contributed by atoms with Gasteiger partial charge in [0.25, 0.3) is 0 Å². The number of rotatable bonds is 4. The molecule has 0 N–H and O–H groups in total. The molecule has 2 rings (SSSR count). The van der Waals surface area contributed by atoms with E-state index in [1.807, 2.05) is 62.4 Å². The first kappa shape index (κ1) is 13.2. The highest BCUT2D eigenvalue weighted by Crippen LogP contribution is 2.31. The molecule has 2 aromatic carbocycles. The maximum absolute atomic E-state index is 6.03. The van der Waals surface area contributed by atoms with E-state index in [0.29, 0.717) is 0 Å². The highest BCUT2D eigenvalue weighted by atomic mass is 16.5. The lowest BCUT2D eigenvalue weighted by atomic mass is 10.1. The van der Waals surface area contributed by atoms with Gasteiger partial charge in [0.15, 0.2) is 0 Å². The Morgan fingerprint density at radius 3 is 1.58 bits per heavy atom. The molecule has 1 nitrogen and oxygen atoms in total. The lowest BCUT2D eigenvalue weighted by molar-refractivity contribution is 0.475. The quantitative estimate of drug-likeness (QED) is 0.707. The van der Waals surface area contributed by atoms with Crippen LogP contribution in [-0.4, -0.2) is 0 Å². The summed E-state index contributed by atoms with van der Waals surface area (Å²) in [6, 6.07) is 12.0. The van der Waals surface area contributed by atoms with Gasteiger partial charge in [-0.1, -0.05) is 49.6 Å². The standard InChI is InChI=1S/C18H18O/c1-5-15-9-7-11-17(13(15)3)19-18-12-8-10-16(6-2)14(18)4/h5-12H,1-2H2,3-4H3. The van der Waals surface area contributed by atoms with E-state index < -0.39 is 0 Å². The third-order valence-electron chi connectivity index (χ3n) is 3.31. The van der Waals surface area contributed by atoms with Crippen molar-refractivity contribution in [3.63, 3.8) is 0 Å². The zero-order chi connectivity index (χ0) is 13.8. The Balaban J connectivity index is 2.42. The van der Waals surface area contributed by atoms with E-state index in [1.165, 1.54) is 0 Å². The van der Waals surface area contributed by atoms with Crippen molar-refractivity contribution in [3.05, 3.63) is 71.8 Å². The summed E-state index contributed by atoms with van der Waals surface area (Å²) in [4.78, 5) is 0. The molecule has 1 heteroatoms. The number of benzene rings is 2. The first-order valence-electron chi connectivity index (χ1n) is 6.29. The Morgan fingerprint density at radius 1 is 0.789 bits per heavy atom. The predicted molar refractivity (Wildman–Crippen MR) is 82.6 cm³/mol. The molecular weight excluding hydrogens is 232 g/mol. The Labute approximate surface area is 114 Å². The fourth-order valence-electron chi connectivity index (χ4n) is 2.04. The Kier molecular flexibility index (Phi) is 3.86. The molecule has 0 aromatic heterocycles. The van der Waals surface area contributed by atoms with Crippen molar-refractivity contribution < 1.29 is 4.74 Å². The maximum atomic E-state index is 6.03. The SMILES string of the molecule is C=Cc1cccc(Oc2cccc(C=C)c2C)c1C. The molecule has 0 saturated heterocycles. The Morgan fingerprint density at radius 2 is 1.21 bits per heavy atom. The molecular formula is C18H18O. The molecule has 0 aliphatic heterocycles. The third kappa shape index (κ3) is 2.60. The molecule has 0 spiro atoms. The van der Waals surface area contributed by atoms with E-state index in [-0.39, 0.29) is 0 Å². The summed E-state index contributed by atoms with van der Waals surface area (Å²) in [6.07, 6.45) is 3.68. The molecule has 96 valence electrons. The van der Waals surface area contributed by atoms with Crippen LogP contribution in [0.5, 0.6) is 11.5 Å². The summed E-state index contributed by atoms with van der Waals surface area (Å²) in [7, 11) is 0. The van der Waals surface area contributed by atoms with E-state index in [1.54, 1.807) is 0 Å². The number of ether oxygens (including phenoxy) is 1. The second-order valence-corrected chi connectivity index (χ2v) is 4.45. The molecule has 0 heterocycles. The van der Waals surface area contributed by atoms with Crippen LogP contribution in [0.25, 0.3) is 12.2 Å². The summed E-state index contributed by atoms with van der Waals surface area (Å²) in [5.41, 5.74) is 4.38. The van der Waals surface area contributed by atoms with Gasteiger partial charge in [-0.15, -0.1) is 0 Å². The van der Waals surface area contributed by atoms with Crippen LogP contribution in [0.2, 0.25) is 0 Å². The fraction of sp³-hybridized carbons (Fsp3) is 0.111. The molecule has 0 aliphatic rings. The molecule has 0 amide bonds. The monoisotopic (exact) mass is 250 g/mol. The van der Waals surface area contributed by atoms with Gasteiger partial charge in [-0.2, -0.15) is 0 Å². The van der Waals surface area contributed by atoms with Crippen LogP contribution in [0, 0.1) is 13.8 Å². The van der Waals surface area contributed by atoms with Crippen LogP contribution in [0.3, 0.4) is 0 Å². The van der Waals surface area contributed by atoms with E-state index in [4.69, 9.17) is 4.74 Å². The van der Waals surface area contributed by atoms with Crippen LogP contribution in [0.4, 0.5) is 0 Å². The van der Waals surface area contributed by atoms with Crippen molar-refractivity contribution in [3.8, 4) is 11.5 Å². The van der Waals surface area contributed by atoms with Crippen LogP contribution < -0.4 is 4.74 Å².